The maximum atomic E-state index is 11.9. The molecule has 0 aliphatic rings. The third kappa shape index (κ3) is 4.90. The molecule has 0 radical (unpaired) electrons. The average molecular weight is 373 g/mol. The van der Waals surface area contributed by atoms with Crippen LogP contribution in [0.4, 0.5) is 0 Å². The number of hydrogen-bond donors (Lipinski definition) is 1. The Balaban J connectivity index is 1.53. The number of aromatic nitrogens is 2. The van der Waals surface area contributed by atoms with Gasteiger partial charge in [0.15, 0.2) is 5.76 Å². The van der Waals surface area contributed by atoms with E-state index in [1.165, 1.54) is 12.3 Å². The molecule has 1 amide bonds. The van der Waals surface area contributed by atoms with Crippen molar-refractivity contribution in [1.82, 2.24) is 14.9 Å². The molecule has 1 N–H and O–H groups in total. The summed E-state index contributed by atoms with van der Waals surface area (Å²) in [5, 5.41) is 4.68. The molecule has 0 saturated carbocycles. The SMILES string of the molecule is O=C(CCc1nc(-c2ccco2)no1)NS(=O)(=O)/C=C/c1ccccc1. The van der Waals surface area contributed by atoms with Crippen LogP contribution in [0.3, 0.4) is 0 Å². The molecular weight excluding hydrogens is 358 g/mol. The van der Waals surface area contributed by atoms with E-state index in [1.54, 1.807) is 36.4 Å². The standard InChI is InChI=1S/C17H15N3O5S/c21-15(20-26(22,23)12-10-13-5-2-1-3-6-13)8-9-16-18-17(19-25-16)14-7-4-11-24-14/h1-7,10-12H,8-9H2,(H,20,21)/b12-10+. The molecule has 0 aliphatic carbocycles. The molecule has 0 bridgehead atoms. The van der Waals surface area contributed by atoms with E-state index in [-0.39, 0.29) is 24.6 Å². The van der Waals surface area contributed by atoms with E-state index < -0.39 is 15.9 Å². The molecule has 2 aromatic heterocycles. The number of nitrogens with one attached hydrogen (secondary N) is 1. The molecule has 0 spiro atoms. The number of amides is 1. The van der Waals surface area contributed by atoms with Crippen LogP contribution in [-0.4, -0.2) is 24.5 Å². The van der Waals surface area contributed by atoms with E-state index >= 15 is 0 Å². The quantitative estimate of drug-likeness (QED) is 0.676. The van der Waals surface area contributed by atoms with Crippen LogP contribution in [0.1, 0.15) is 17.9 Å². The number of hydrogen-bond acceptors (Lipinski definition) is 7. The highest BCUT2D eigenvalue weighted by Gasteiger charge is 2.15. The average Bonchev–Trinajstić information content (AvgIpc) is 3.30. The van der Waals surface area contributed by atoms with Crippen molar-refractivity contribution in [2.45, 2.75) is 12.8 Å². The highest BCUT2D eigenvalue weighted by atomic mass is 32.2. The Morgan fingerprint density at radius 2 is 1.96 bits per heavy atom. The van der Waals surface area contributed by atoms with Gasteiger partial charge in [-0.3, -0.25) is 4.79 Å². The second-order valence-electron chi connectivity index (χ2n) is 5.27. The van der Waals surface area contributed by atoms with E-state index in [0.717, 1.165) is 5.41 Å². The van der Waals surface area contributed by atoms with E-state index in [1.807, 2.05) is 10.8 Å². The summed E-state index contributed by atoms with van der Waals surface area (Å²) in [5.74, 6) is 0.256. The van der Waals surface area contributed by atoms with Crippen molar-refractivity contribution in [3.8, 4) is 11.6 Å². The molecule has 0 atom stereocenters. The molecule has 0 fully saturated rings. The second-order valence-corrected chi connectivity index (χ2v) is 6.84. The largest absolute Gasteiger partial charge is 0.461 e. The van der Waals surface area contributed by atoms with Crippen LogP contribution < -0.4 is 4.72 Å². The van der Waals surface area contributed by atoms with Crippen LogP contribution in [0.15, 0.2) is 63.1 Å². The molecule has 1 aromatic carbocycles. The van der Waals surface area contributed by atoms with Crippen molar-refractivity contribution in [1.29, 1.82) is 0 Å². The zero-order valence-corrected chi connectivity index (χ0v) is 14.3. The minimum Gasteiger partial charge on any atom is -0.461 e. The number of benzene rings is 1. The van der Waals surface area contributed by atoms with Crippen molar-refractivity contribution < 1.29 is 22.2 Å². The number of sulfonamides is 1. The molecule has 3 rings (SSSR count). The van der Waals surface area contributed by atoms with Crippen LogP contribution >= 0.6 is 0 Å². The Labute approximate surface area is 149 Å². The number of nitrogens with zero attached hydrogens (tertiary/aromatic N) is 2. The first kappa shape index (κ1) is 17.6. The third-order valence-corrected chi connectivity index (χ3v) is 4.28. The fourth-order valence-corrected chi connectivity index (χ4v) is 2.88. The van der Waals surface area contributed by atoms with Gasteiger partial charge in [-0.25, -0.2) is 13.1 Å². The maximum Gasteiger partial charge on any atom is 0.257 e. The minimum absolute atomic E-state index is 0.109. The highest BCUT2D eigenvalue weighted by Crippen LogP contribution is 2.16. The van der Waals surface area contributed by atoms with Crippen LogP contribution in [0.5, 0.6) is 0 Å². The Kier molecular flexibility index (Phi) is 5.28. The van der Waals surface area contributed by atoms with E-state index in [9.17, 15) is 13.2 Å². The fourth-order valence-electron chi connectivity index (χ4n) is 2.06. The lowest BCUT2D eigenvalue weighted by atomic mass is 10.2. The minimum atomic E-state index is -3.88. The summed E-state index contributed by atoms with van der Waals surface area (Å²) < 4.78 is 35.9. The van der Waals surface area contributed by atoms with Crippen LogP contribution in [0, 0.1) is 0 Å². The van der Waals surface area contributed by atoms with Gasteiger partial charge in [0.05, 0.1) is 11.7 Å². The van der Waals surface area contributed by atoms with Gasteiger partial charge in [-0.1, -0.05) is 35.5 Å². The predicted octanol–water partition coefficient (Wildman–Crippen LogP) is 2.38. The van der Waals surface area contributed by atoms with Crippen molar-refractivity contribution in [2.24, 2.45) is 0 Å². The molecule has 3 aromatic rings. The molecule has 2 heterocycles. The number of carbonyl (C=O) groups excluding carboxylic acids is 1. The summed E-state index contributed by atoms with van der Waals surface area (Å²) in [7, 11) is -3.88. The summed E-state index contributed by atoms with van der Waals surface area (Å²) in [5.41, 5.74) is 0.710. The summed E-state index contributed by atoms with van der Waals surface area (Å²) in [6.45, 7) is 0. The van der Waals surface area contributed by atoms with E-state index in [2.05, 4.69) is 10.1 Å². The van der Waals surface area contributed by atoms with Gasteiger partial charge < -0.3 is 8.94 Å². The van der Waals surface area contributed by atoms with Gasteiger partial charge in [0.2, 0.25) is 17.6 Å². The molecule has 0 saturated heterocycles. The summed E-state index contributed by atoms with van der Waals surface area (Å²) in [6, 6.07) is 12.3. The highest BCUT2D eigenvalue weighted by molar-refractivity contribution is 7.93. The Bertz CT molecular complexity index is 992. The zero-order chi connectivity index (χ0) is 18.4. The van der Waals surface area contributed by atoms with Crippen LogP contribution in [0.2, 0.25) is 0 Å². The molecule has 134 valence electrons. The Morgan fingerprint density at radius 3 is 2.69 bits per heavy atom. The normalized spacial score (nSPS) is 11.7. The summed E-state index contributed by atoms with van der Waals surface area (Å²) >= 11 is 0. The first-order valence-corrected chi connectivity index (χ1v) is 9.22. The molecule has 0 aliphatic heterocycles. The van der Waals surface area contributed by atoms with Gasteiger partial charge >= 0.3 is 0 Å². The van der Waals surface area contributed by atoms with Crippen LogP contribution in [0.25, 0.3) is 17.7 Å². The molecule has 26 heavy (non-hydrogen) atoms. The van der Waals surface area contributed by atoms with Crippen molar-refractivity contribution in [3.05, 3.63) is 65.6 Å². The Morgan fingerprint density at radius 1 is 1.15 bits per heavy atom. The van der Waals surface area contributed by atoms with Crippen LogP contribution in [-0.2, 0) is 21.2 Å². The first-order valence-electron chi connectivity index (χ1n) is 7.67. The van der Waals surface area contributed by atoms with Gasteiger partial charge in [-0.05, 0) is 23.8 Å². The van der Waals surface area contributed by atoms with Gasteiger partial charge in [0, 0.05) is 12.8 Å². The Hall–Kier alpha value is -3.20. The number of carbonyl (C=O) groups is 1. The van der Waals surface area contributed by atoms with E-state index in [4.69, 9.17) is 8.94 Å². The van der Waals surface area contributed by atoms with Crippen molar-refractivity contribution in [2.75, 3.05) is 0 Å². The topological polar surface area (TPSA) is 115 Å². The molecular formula is C17H15N3O5S. The zero-order valence-electron chi connectivity index (χ0n) is 13.5. The number of rotatable bonds is 7. The van der Waals surface area contributed by atoms with Gasteiger partial charge in [-0.15, -0.1) is 0 Å². The lowest BCUT2D eigenvalue weighted by Crippen LogP contribution is -2.28. The monoisotopic (exact) mass is 373 g/mol. The molecule has 0 unspecified atom stereocenters. The number of furan rings is 1. The third-order valence-electron chi connectivity index (χ3n) is 3.27. The van der Waals surface area contributed by atoms with Crippen molar-refractivity contribution in [3.63, 3.8) is 0 Å². The smallest absolute Gasteiger partial charge is 0.257 e. The van der Waals surface area contributed by atoms with E-state index in [0.29, 0.717) is 11.3 Å². The molecule has 9 heteroatoms. The summed E-state index contributed by atoms with van der Waals surface area (Å²) in [4.78, 5) is 15.9. The van der Waals surface area contributed by atoms with Gasteiger partial charge in [-0.2, -0.15) is 4.98 Å². The lowest BCUT2D eigenvalue weighted by molar-refractivity contribution is -0.119. The van der Waals surface area contributed by atoms with Gasteiger partial charge in [0.25, 0.3) is 10.0 Å². The first-order chi connectivity index (χ1) is 12.5. The molecule has 8 nitrogen and oxygen atoms in total. The maximum absolute atomic E-state index is 11.9. The summed E-state index contributed by atoms with van der Waals surface area (Å²) in [6.07, 6.45) is 2.88. The number of aryl methyl sites for hydroxylation is 1. The predicted molar refractivity (Wildman–Crippen MR) is 92.9 cm³/mol. The lowest BCUT2D eigenvalue weighted by Gasteiger charge is -2.01. The van der Waals surface area contributed by atoms with Crippen molar-refractivity contribution >= 4 is 22.0 Å². The van der Waals surface area contributed by atoms with Gasteiger partial charge in [0.1, 0.15) is 0 Å². The second kappa shape index (κ2) is 7.79. The fraction of sp³-hybridized carbons (Fsp3) is 0.118.